The van der Waals surface area contributed by atoms with Crippen molar-refractivity contribution in [2.75, 3.05) is 11.1 Å². The van der Waals surface area contributed by atoms with Gasteiger partial charge < -0.3 is 10.1 Å². The summed E-state index contributed by atoms with van der Waals surface area (Å²) in [7, 11) is 0. The van der Waals surface area contributed by atoms with Gasteiger partial charge in [0.15, 0.2) is 5.60 Å². The topological polar surface area (TPSA) is 55.4 Å². The van der Waals surface area contributed by atoms with Crippen molar-refractivity contribution in [3.63, 3.8) is 0 Å². The fourth-order valence-corrected chi connectivity index (χ4v) is 3.73. The number of hydrogen-bond donors (Lipinski definition) is 1. The quantitative estimate of drug-likeness (QED) is 0.458. The number of benzene rings is 2. The van der Waals surface area contributed by atoms with Crippen LogP contribution in [-0.4, -0.2) is 23.2 Å². The maximum Gasteiger partial charge on any atom is 0.339 e. The van der Waals surface area contributed by atoms with Crippen LogP contribution in [0.15, 0.2) is 60.0 Å². The highest BCUT2D eigenvalue weighted by molar-refractivity contribution is 7.99. The van der Waals surface area contributed by atoms with Gasteiger partial charge >= 0.3 is 5.97 Å². The van der Waals surface area contributed by atoms with E-state index in [-0.39, 0.29) is 12.3 Å². The van der Waals surface area contributed by atoms with Crippen molar-refractivity contribution >= 4 is 40.9 Å². The zero-order chi connectivity index (χ0) is 18.7. The SMILES string of the molecule is C=CCSc1ccccc1NC(=O)C1(C)Cc2cc(Cl)ccc2C(=O)O1. The number of fused-ring (bicyclic) bond motifs is 1. The molecule has 4 nitrogen and oxygen atoms in total. The van der Waals surface area contributed by atoms with Gasteiger partial charge in [0.2, 0.25) is 0 Å². The predicted molar refractivity (Wildman–Crippen MR) is 105 cm³/mol. The molecule has 6 heteroatoms. The normalized spacial score (nSPS) is 18.6. The average molecular weight is 388 g/mol. The Kier molecular flexibility index (Phi) is 5.39. The first-order valence-electron chi connectivity index (χ1n) is 8.09. The highest BCUT2D eigenvalue weighted by Gasteiger charge is 2.43. The van der Waals surface area contributed by atoms with Crippen LogP contribution in [0.25, 0.3) is 0 Å². The number of hydrogen-bond acceptors (Lipinski definition) is 4. The van der Waals surface area contributed by atoms with Crippen molar-refractivity contribution in [3.8, 4) is 0 Å². The summed E-state index contributed by atoms with van der Waals surface area (Å²) in [6, 6.07) is 12.5. The van der Waals surface area contributed by atoms with E-state index < -0.39 is 11.6 Å². The fraction of sp³-hybridized carbons (Fsp3) is 0.200. The molecule has 134 valence electrons. The van der Waals surface area contributed by atoms with E-state index in [0.29, 0.717) is 21.8 Å². The molecule has 3 rings (SSSR count). The Labute approximate surface area is 161 Å². The predicted octanol–water partition coefficient (Wildman–Crippen LogP) is 4.73. The lowest BCUT2D eigenvalue weighted by Gasteiger charge is -2.33. The van der Waals surface area contributed by atoms with Gasteiger partial charge in [-0.2, -0.15) is 0 Å². The summed E-state index contributed by atoms with van der Waals surface area (Å²) in [5.74, 6) is -0.164. The number of anilines is 1. The summed E-state index contributed by atoms with van der Waals surface area (Å²) in [4.78, 5) is 26.1. The van der Waals surface area contributed by atoms with Crippen LogP contribution in [0.3, 0.4) is 0 Å². The molecule has 0 fully saturated rings. The maximum absolute atomic E-state index is 12.9. The molecule has 2 aromatic rings. The molecule has 2 aromatic carbocycles. The van der Waals surface area contributed by atoms with E-state index in [4.69, 9.17) is 16.3 Å². The molecule has 0 aromatic heterocycles. The van der Waals surface area contributed by atoms with E-state index in [2.05, 4.69) is 11.9 Å². The van der Waals surface area contributed by atoms with E-state index in [1.165, 1.54) is 0 Å². The Hall–Kier alpha value is -2.24. The number of halogens is 1. The fourth-order valence-electron chi connectivity index (χ4n) is 2.79. The van der Waals surface area contributed by atoms with Gasteiger partial charge in [0, 0.05) is 22.1 Å². The van der Waals surface area contributed by atoms with Crippen molar-refractivity contribution in [2.24, 2.45) is 0 Å². The molecule has 1 aliphatic heterocycles. The molecule has 0 spiro atoms. The number of nitrogens with one attached hydrogen (secondary N) is 1. The third kappa shape index (κ3) is 3.79. The van der Waals surface area contributed by atoms with Crippen molar-refractivity contribution in [1.82, 2.24) is 0 Å². The zero-order valence-electron chi connectivity index (χ0n) is 14.3. The van der Waals surface area contributed by atoms with Gasteiger partial charge in [-0.25, -0.2) is 4.79 Å². The van der Waals surface area contributed by atoms with Crippen LogP contribution >= 0.6 is 23.4 Å². The minimum atomic E-state index is -1.30. The van der Waals surface area contributed by atoms with Gasteiger partial charge in [-0.3, -0.25) is 4.79 Å². The molecule has 1 amide bonds. The first-order chi connectivity index (χ1) is 12.4. The van der Waals surface area contributed by atoms with Crippen LogP contribution in [0.4, 0.5) is 5.69 Å². The molecule has 1 atom stereocenters. The highest BCUT2D eigenvalue weighted by atomic mass is 35.5. The molecule has 26 heavy (non-hydrogen) atoms. The Balaban J connectivity index is 1.84. The molecule has 1 N–H and O–H groups in total. The van der Waals surface area contributed by atoms with Gasteiger partial charge in [0.25, 0.3) is 5.91 Å². The minimum absolute atomic E-state index is 0.266. The number of para-hydroxylation sites is 1. The van der Waals surface area contributed by atoms with E-state index in [1.807, 2.05) is 24.3 Å². The molecule has 1 unspecified atom stereocenters. The lowest BCUT2D eigenvalue weighted by Crippen LogP contribution is -2.49. The highest BCUT2D eigenvalue weighted by Crippen LogP contribution is 2.33. The third-order valence-corrected chi connectivity index (χ3v) is 5.41. The van der Waals surface area contributed by atoms with Crippen LogP contribution in [0, 0.1) is 0 Å². The summed E-state index contributed by atoms with van der Waals surface area (Å²) in [6.45, 7) is 5.33. The van der Waals surface area contributed by atoms with Crippen LogP contribution < -0.4 is 5.32 Å². The minimum Gasteiger partial charge on any atom is -0.445 e. The van der Waals surface area contributed by atoms with Crippen molar-refractivity contribution in [1.29, 1.82) is 0 Å². The summed E-state index contributed by atoms with van der Waals surface area (Å²) in [5.41, 5.74) is 0.534. The van der Waals surface area contributed by atoms with E-state index in [1.54, 1.807) is 43.0 Å². The summed E-state index contributed by atoms with van der Waals surface area (Å²) in [6.07, 6.45) is 2.07. The molecule has 0 bridgehead atoms. The number of ether oxygens (including phenoxy) is 1. The number of esters is 1. The van der Waals surface area contributed by atoms with Crippen LogP contribution in [-0.2, 0) is 16.0 Å². The zero-order valence-corrected chi connectivity index (χ0v) is 15.8. The molecule has 0 aliphatic carbocycles. The molecule has 0 saturated heterocycles. The van der Waals surface area contributed by atoms with Crippen molar-refractivity contribution < 1.29 is 14.3 Å². The van der Waals surface area contributed by atoms with E-state index in [0.717, 1.165) is 10.6 Å². The monoisotopic (exact) mass is 387 g/mol. The lowest BCUT2D eigenvalue weighted by atomic mass is 9.89. The molecular formula is C20H18ClNO3S. The number of thioether (sulfide) groups is 1. The Bertz CT molecular complexity index is 883. The van der Waals surface area contributed by atoms with Gasteiger partial charge in [-0.1, -0.05) is 29.8 Å². The first kappa shape index (κ1) is 18.5. The molecule has 1 heterocycles. The number of carbonyl (C=O) groups excluding carboxylic acids is 2. The first-order valence-corrected chi connectivity index (χ1v) is 9.45. The Morgan fingerprint density at radius 3 is 2.92 bits per heavy atom. The number of cyclic esters (lactones) is 1. The van der Waals surface area contributed by atoms with Crippen LogP contribution in [0.5, 0.6) is 0 Å². The van der Waals surface area contributed by atoms with E-state index in [9.17, 15) is 9.59 Å². The second-order valence-electron chi connectivity index (χ2n) is 6.15. The average Bonchev–Trinajstić information content (AvgIpc) is 2.60. The molecular weight excluding hydrogens is 370 g/mol. The summed E-state index contributed by atoms with van der Waals surface area (Å²) >= 11 is 7.60. The van der Waals surface area contributed by atoms with Gasteiger partial charge in [0.1, 0.15) is 0 Å². The molecule has 0 saturated carbocycles. The van der Waals surface area contributed by atoms with Gasteiger partial charge in [-0.05, 0) is 42.8 Å². The molecule has 0 radical (unpaired) electrons. The molecule has 1 aliphatic rings. The van der Waals surface area contributed by atoms with Gasteiger partial charge in [-0.15, -0.1) is 18.3 Å². The number of amides is 1. The number of carbonyl (C=O) groups is 2. The van der Waals surface area contributed by atoms with E-state index >= 15 is 0 Å². The van der Waals surface area contributed by atoms with Crippen LogP contribution in [0.2, 0.25) is 5.02 Å². The smallest absolute Gasteiger partial charge is 0.339 e. The second-order valence-corrected chi connectivity index (χ2v) is 7.65. The van der Waals surface area contributed by atoms with Crippen LogP contribution in [0.1, 0.15) is 22.8 Å². The van der Waals surface area contributed by atoms with Gasteiger partial charge in [0.05, 0.1) is 11.3 Å². The Morgan fingerprint density at radius 2 is 2.15 bits per heavy atom. The Morgan fingerprint density at radius 1 is 1.38 bits per heavy atom. The maximum atomic E-state index is 12.9. The standard InChI is InChI=1S/C20H18ClNO3S/c1-3-10-26-17-7-5-4-6-16(17)22-19(24)20(2)12-13-11-14(21)8-9-15(13)18(23)25-20/h3-9,11H,1,10,12H2,2H3,(H,22,24). The largest absolute Gasteiger partial charge is 0.445 e. The number of rotatable bonds is 5. The third-order valence-electron chi connectivity index (χ3n) is 4.11. The summed E-state index contributed by atoms with van der Waals surface area (Å²) < 4.78 is 5.48. The van der Waals surface area contributed by atoms with Crippen molar-refractivity contribution in [3.05, 3.63) is 71.3 Å². The lowest BCUT2D eigenvalue weighted by molar-refractivity contribution is -0.134. The summed E-state index contributed by atoms with van der Waals surface area (Å²) in [5, 5.41) is 3.41. The second kappa shape index (κ2) is 7.56. The van der Waals surface area contributed by atoms with Crippen molar-refractivity contribution in [2.45, 2.75) is 23.8 Å².